The molecule has 0 saturated carbocycles. The second-order valence-electron chi connectivity index (χ2n) is 6.63. The van der Waals surface area contributed by atoms with Gasteiger partial charge in [-0.3, -0.25) is 9.69 Å². The first-order valence-electron chi connectivity index (χ1n) is 8.67. The van der Waals surface area contributed by atoms with Crippen molar-refractivity contribution in [2.75, 3.05) is 49.5 Å². The molecule has 1 aromatic carbocycles. The van der Waals surface area contributed by atoms with Crippen LogP contribution in [0.25, 0.3) is 0 Å². The maximum absolute atomic E-state index is 12.4. The van der Waals surface area contributed by atoms with Gasteiger partial charge < -0.3 is 4.74 Å². The quantitative estimate of drug-likeness (QED) is 0.671. The molecule has 0 spiro atoms. The summed E-state index contributed by atoms with van der Waals surface area (Å²) in [6.45, 7) is 5.23. The van der Waals surface area contributed by atoms with Crippen molar-refractivity contribution in [1.82, 2.24) is 9.62 Å². The van der Waals surface area contributed by atoms with Gasteiger partial charge in [0, 0.05) is 26.2 Å². The van der Waals surface area contributed by atoms with Crippen LogP contribution in [0.3, 0.4) is 0 Å². The van der Waals surface area contributed by atoms with E-state index < -0.39 is 31.9 Å². The molecule has 2 aliphatic rings. The number of hydrogen-bond acceptors (Lipinski definition) is 7. The smallest absolute Gasteiger partial charge is 0.244 e. The summed E-state index contributed by atoms with van der Waals surface area (Å²) in [5.41, 5.74) is 0.150. The van der Waals surface area contributed by atoms with E-state index >= 15 is 0 Å². The van der Waals surface area contributed by atoms with E-state index in [9.17, 15) is 21.6 Å². The number of rotatable bonds is 6. The summed E-state index contributed by atoms with van der Waals surface area (Å²) in [6, 6.07) is 5.28. The van der Waals surface area contributed by atoms with Crippen molar-refractivity contribution in [2.45, 2.75) is 11.8 Å². The van der Waals surface area contributed by atoms with Crippen molar-refractivity contribution < 1.29 is 26.4 Å². The van der Waals surface area contributed by atoms with Gasteiger partial charge >= 0.3 is 0 Å². The fraction of sp³-hybridized carbons (Fsp3) is 0.562. The number of benzene rings is 1. The van der Waals surface area contributed by atoms with Crippen LogP contribution >= 0.6 is 0 Å². The Bertz CT molecular complexity index is 893. The first-order chi connectivity index (χ1) is 12.7. The molecule has 2 fully saturated rings. The molecule has 1 amide bonds. The van der Waals surface area contributed by atoms with Gasteiger partial charge in [-0.05, 0) is 24.3 Å². The minimum atomic E-state index is -3.72. The van der Waals surface area contributed by atoms with Crippen molar-refractivity contribution in [3.63, 3.8) is 0 Å². The number of ether oxygens (including phenoxy) is 1. The topological polar surface area (TPSA) is 113 Å². The van der Waals surface area contributed by atoms with Gasteiger partial charge in [0.1, 0.15) is 0 Å². The fourth-order valence-electron chi connectivity index (χ4n) is 3.09. The van der Waals surface area contributed by atoms with E-state index in [1.54, 1.807) is 6.92 Å². The zero-order chi connectivity index (χ0) is 19.7. The third-order valence-corrected chi connectivity index (χ3v) is 7.91. The first kappa shape index (κ1) is 20.2. The van der Waals surface area contributed by atoms with Crippen LogP contribution in [0.1, 0.15) is 6.92 Å². The molecule has 2 heterocycles. The van der Waals surface area contributed by atoms with Crippen LogP contribution in [0.5, 0.6) is 0 Å². The van der Waals surface area contributed by atoms with Gasteiger partial charge in [0.05, 0.1) is 35.5 Å². The standard InChI is InChI=1S/C16H23N3O6S2/c1-13-12-26(21,22)19(16(13)20)14-2-4-15(5-3-14)27(23,24)17-6-7-18-8-10-25-11-9-18/h2-5,13,17H,6-12H2,1H3. The third kappa shape index (κ3) is 4.49. The van der Waals surface area contributed by atoms with Crippen LogP contribution in [0.2, 0.25) is 0 Å². The van der Waals surface area contributed by atoms with E-state index in [0.717, 1.165) is 17.4 Å². The van der Waals surface area contributed by atoms with E-state index in [1.807, 2.05) is 0 Å². The molecule has 2 aliphatic heterocycles. The minimum absolute atomic E-state index is 0.0188. The Morgan fingerprint density at radius 3 is 2.37 bits per heavy atom. The SMILES string of the molecule is CC1CS(=O)(=O)N(c2ccc(S(=O)(=O)NCCN3CCOCC3)cc2)C1=O. The summed E-state index contributed by atoms with van der Waals surface area (Å²) in [4.78, 5) is 14.2. The van der Waals surface area contributed by atoms with Crippen LogP contribution in [-0.2, 0) is 29.6 Å². The number of morpholine rings is 1. The predicted molar refractivity (Wildman–Crippen MR) is 99.3 cm³/mol. The molecule has 1 atom stereocenters. The highest BCUT2D eigenvalue weighted by Gasteiger charge is 2.41. The summed E-state index contributed by atoms with van der Waals surface area (Å²) >= 11 is 0. The second kappa shape index (κ2) is 7.84. The number of anilines is 1. The summed E-state index contributed by atoms with van der Waals surface area (Å²) < 4.78 is 57.6. The summed E-state index contributed by atoms with van der Waals surface area (Å²) in [7, 11) is -7.43. The summed E-state index contributed by atoms with van der Waals surface area (Å²) in [6.07, 6.45) is 0. The van der Waals surface area contributed by atoms with Crippen LogP contribution in [0.15, 0.2) is 29.2 Å². The Morgan fingerprint density at radius 2 is 1.81 bits per heavy atom. The van der Waals surface area contributed by atoms with Crippen molar-refractivity contribution in [2.24, 2.45) is 5.92 Å². The van der Waals surface area contributed by atoms with Gasteiger partial charge in [0.2, 0.25) is 26.0 Å². The minimum Gasteiger partial charge on any atom is -0.379 e. The molecule has 9 nitrogen and oxygen atoms in total. The Labute approximate surface area is 159 Å². The number of nitrogens with one attached hydrogen (secondary N) is 1. The van der Waals surface area contributed by atoms with Crippen molar-refractivity contribution >= 4 is 31.6 Å². The number of amides is 1. The number of hydrogen-bond donors (Lipinski definition) is 1. The summed E-state index contributed by atoms with van der Waals surface area (Å²) in [5.74, 6) is -1.36. The number of sulfonamides is 2. The monoisotopic (exact) mass is 417 g/mol. The largest absolute Gasteiger partial charge is 0.379 e. The molecule has 27 heavy (non-hydrogen) atoms. The van der Waals surface area contributed by atoms with E-state index in [2.05, 4.69) is 9.62 Å². The number of nitrogens with zero attached hydrogens (tertiary/aromatic N) is 2. The fourth-order valence-corrected chi connectivity index (χ4v) is 5.94. The van der Waals surface area contributed by atoms with E-state index in [0.29, 0.717) is 19.8 Å². The molecule has 1 unspecified atom stereocenters. The Balaban J connectivity index is 1.66. The maximum Gasteiger partial charge on any atom is 0.244 e. The highest BCUT2D eigenvalue weighted by atomic mass is 32.2. The number of carbonyl (C=O) groups is 1. The third-order valence-electron chi connectivity index (χ3n) is 4.57. The zero-order valence-corrected chi connectivity index (χ0v) is 16.6. The lowest BCUT2D eigenvalue weighted by atomic mass is 10.2. The van der Waals surface area contributed by atoms with E-state index in [-0.39, 0.29) is 22.9 Å². The van der Waals surface area contributed by atoms with Gasteiger partial charge in [-0.2, -0.15) is 0 Å². The van der Waals surface area contributed by atoms with E-state index in [1.165, 1.54) is 24.3 Å². The average molecular weight is 418 g/mol. The highest BCUT2D eigenvalue weighted by Crippen LogP contribution is 2.28. The molecule has 1 N–H and O–H groups in total. The number of carbonyl (C=O) groups excluding carboxylic acids is 1. The maximum atomic E-state index is 12.4. The lowest BCUT2D eigenvalue weighted by molar-refractivity contribution is -0.119. The summed E-state index contributed by atoms with van der Waals surface area (Å²) in [5, 5.41) is 0. The van der Waals surface area contributed by atoms with E-state index in [4.69, 9.17) is 4.74 Å². The molecule has 2 saturated heterocycles. The predicted octanol–water partition coefficient (Wildman–Crippen LogP) is -0.390. The Morgan fingerprint density at radius 1 is 1.19 bits per heavy atom. The van der Waals surface area contributed by atoms with Gasteiger partial charge in [-0.15, -0.1) is 0 Å². The molecule has 150 valence electrons. The van der Waals surface area contributed by atoms with Crippen LogP contribution in [0, 0.1) is 5.92 Å². The van der Waals surface area contributed by atoms with Gasteiger partial charge in [0.25, 0.3) is 0 Å². The van der Waals surface area contributed by atoms with Gasteiger partial charge in [-0.25, -0.2) is 25.9 Å². The molecular weight excluding hydrogens is 394 g/mol. The average Bonchev–Trinajstić information content (AvgIpc) is 2.83. The molecule has 1 aromatic rings. The van der Waals surface area contributed by atoms with Crippen LogP contribution in [0.4, 0.5) is 5.69 Å². The molecule has 0 bridgehead atoms. The normalized spacial score (nSPS) is 23.7. The van der Waals surface area contributed by atoms with Crippen molar-refractivity contribution in [1.29, 1.82) is 0 Å². The molecule has 3 rings (SSSR count). The highest BCUT2D eigenvalue weighted by molar-refractivity contribution is 7.94. The Kier molecular flexibility index (Phi) is 5.87. The lowest BCUT2D eigenvalue weighted by Gasteiger charge is -2.26. The van der Waals surface area contributed by atoms with Crippen LogP contribution < -0.4 is 9.03 Å². The molecule has 11 heteroatoms. The Hall–Kier alpha value is -1.53. The lowest BCUT2D eigenvalue weighted by Crippen LogP contribution is -2.41. The zero-order valence-electron chi connectivity index (χ0n) is 15.0. The van der Waals surface area contributed by atoms with Gasteiger partial charge in [-0.1, -0.05) is 6.92 Å². The van der Waals surface area contributed by atoms with Crippen LogP contribution in [-0.4, -0.2) is 72.8 Å². The van der Waals surface area contributed by atoms with Gasteiger partial charge in [0.15, 0.2) is 0 Å². The second-order valence-corrected chi connectivity index (χ2v) is 10.3. The first-order valence-corrected chi connectivity index (χ1v) is 11.8. The molecule has 0 aromatic heterocycles. The molecule has 0 aliphatic carbocycles. The van der Waals surface area contributed by atoms with Crippen molar-refractivity contribution in [3.8, 4) is 0 Å². The van der Waals surface area contributed by atoms with Crippen molar-refractivity contribution in [3.05, 3.63) is 24.3 Å². The molecular formula is C16H23N3O6S2. The molecule has 0 radical (unpaired) electrons.